The Morgan fingerprint density at radius 1 is 1.19 bits per heavy atom. The standard InChI is InChI=1S/C24H37N5O7/c1-15-18(20(31)28-21(25)26)13-16-7-5-6-8-17(19(16)27-15)14-35-22(32)29(9-11-34-12-10-30)23(33)36-24(2,3)4/h13,17,30H,5-12,14H2,1-4H3,(H4,25,26,28,31). The SMILES string of the molecule is Cc1nc2c(cc1C(=O)N=C(N)N)CCCCC2COC(=O)N(CCOCCO)C(=O)OC(C)(C)C. The van der Waals surface area contributed by atoms with E-state index < -0.39 is 23.7 Å². The number of imide groups is 1. The minimum atomic E-state index is -0.862. The summed E-state index contributed by atoms with van der Waals surface area (Å²) in [5.74, 6) is -1.11. The van der Waals surface area contributed by atoms with Crippen LogP contribution in [0.25, 0.3) is 0 Å². The molecule has 12 heteroatoms. The first-order valence-electron chi connectivity index (χ1n) is 11.9. The van der Waals surface area contributed by atoms with E-state index in [4.69, 9.17) is 30.8 Å². The molecule has 12 nitrogen and oxygen atoms in total. The van der Waals surface area contributed by atoms with E-state index in [9.17, 15) is 14.4 Å². The van der Waals surface area contributed by atoms with Gasteiger partial charge in [0, 0.05) is 5.92 Å². The van der Waals surface area contributed by atoms with Gasteiger partial charge in [-0.2, -0.15) is 4.99 Å². The molecule has 5 N–H and O–H groups in total. The monoisotopic (exact) mass is 507 g/mol. The Hall–Kier alpha value is -3.25. The maximum atomic E-state index is 12.9. The number of aliphatic hydroxyl groups excluding tert-OH is 1. The van der Waals surface area contributed by atoms with Crippen molar-refractivity contribution in [2.75, 3.05) is 33.0 Å². The molecule has 1 atom stereocenters. The quantitative estimate of drug-likeness (QED) is 0.204. The summed E-state index contributed by atoms with van der Waals surface area (Å²) in [6.45, 7) is 6.60. The fourth-order valence-corrected chi connectivity index (χ4v) is 3.76. The van der Waals surface area contributed by atoms with Crippen LogP contribution in [0.4, 0.5) is 9.59 Å². The lowest BCUT2D eigenvalue weighted by molar-refractivity contribution is 0.0122. The molecule has 1 aromatic rings. The van der Waals surface area contributed by atoms with E-state index >= 15 is 0 Å². The van der Waals surface area contributed by atoms with Crippen molar-refractivity contribution in [1.82, 2.24) is 9.88 Å². The number of carbonyl (C=O) groups excluding carboxylic acids is 3. The summed E-state index contributed by atoms with van der Waals surface area (Å²) in [6.07, 6.45) is 1.47. The van der Waals surface area contributed by atoms with Crippen molar-refractivity contribution in [3.05, 3.63) is 28.6 Å². The predicted molar refractivity (Wildman–Crippen MR) is 132 cm³/mol. The Labute approximate surface area is 211 Å². The van der Waals surface area contributed by atoms with Crippen LogP contribution in [0.15, 0.2) is 11.1 Å². The minimum Gasteiger partial charge on any atom is -0.448 e. The van der Waals surface area contributed by atoms with Gasteiger partial charge in [-0.1, -0.05) is 6.42 Å². The molecule has 0 saturated carbocycles. The summed E-state index contributed by atoms with van der Waals surface area (Å²) >= 11 is 0. The van der Waals surface area contributed by atoms with E-state index in [1.54, 1.807) is 33.8 Å². The molecule has 1 aliphatic rings. The first-order valence-corrected chi connectivity index (χ1v) is 11.9. The number of pyridine rings is 1. The normalized spacial score (nSPS) is 15.3. The molecule has 0 bridgehead atoms. The van der Waals surface area contributed by atoms with Gasteiger partial charge >= 0.3 is 12.2 Å². The van der Waals surface area contributed by atoms with Crippen LogP contribution in [0, 0.1) is 6.92 Å². The maximum Gasteiger partial charge on any atom is 0.419 e. The molecule has 1 aliphatic carbocycles. The number of hydrogen-bond acceptors (Lipinski definition) is 8. The number of nitrogens with zero attached hydrogens (tertiary/aromatic N) is 3. The van der Waals surface area contributed by atoms with Crippen molar-refractivity contribution >= 4 is 24.1 Å². The van der Waals surface area contributed by atoms with Crippen molar-refractivity contribution in [2.45, 2.75) is 64.9 Å². The molecule has 2 rings (SSSR count). The van der Waals surface area contributed by atoms with Crippen LogP contribution in [0.1, 0.15) is 73.3 Å². The zero-order valence-electron chi connectivity index (χ0n) is 21.4. The van der Waals surface area contributed by atoms with Gasteiger partial charge in [0.2, 0.25) is 0 Å². The Kier molecular flexibility index (Phi) is 10.6. The van der Waals surface area contributed by atoms with Gasteiger partial charge in [-0.05, 0) is 58.6 Å². The van der Waals surface area contributed by atoms with E-state index in [-0.39, 0.29) is 44.8 Å². The summed E-state index contributed by atoms with van der Waals surface area (Å²) in [6, 6.07) is 1.75. The number of carbonyl (C=O) groups is 3. The first-order chi connectivity index (χ1) is 16.9. The number of aryl methyl sites for hydroxylation is 2. The molecular weight excluding hydrogens is 470 g/mol. The number of aliphatic imine (C=N–C) groups is 1. The second kappa shape index (κ2) is 13.2. The number of aliphatic hydroxyl groups is 1. The molecule has 3 amide bonds. The van der Waals surface area contributed by atoms with Crippen LogP contribution in [0.2, 0.25) is 0 Å². The summed E-state index contributed by atoms with van der Waals surface area (Å²) in [5, 5.41) is 8.88. The van der Waals surface area contributed by atoms with Gasteiger partial charge in [0.1, 0.15) is 12.2 Å². The molecule has 36 heavy (non-hydrogen) atoms. The summed E-state index contributed by atoms with van der Waals surface area (Å²) in [4.78, 5) is 47.0. The lowest BCUT2D eigenvalue weighted by Gasteiger charge is -2.26. The summed E-state index contributed by atoms with van der Waals surface area (Å²) in [7, 11) is 0. The lowest BCUT2D eigenvalue weighted by Crippen LogP contribution is -2.43. The zero-order valence-corrected chi connectivity index (χ0v) is 21.4. The lowest BCUT2D eigenvalue weighted by atomic mass is 9.96. The van der Waals surface area contributed by atoms with Crippen LogP contribution in [0.5, 0.6) is 0 Å². The highest BCUT2D eigenvalue weighted by molar-refractivity contribution is 6.02. The fourth-order valence-electron chi connectivity index (χ4n) is 3.76. The van der Waals surface area contributed by atoms with Gasteiger partial charge in [0.25, 0.3) is 5.91 Å². The molecule has 0 saturated heterocycles. The summed E-state index contributed by atoms with van der Waals surface area (Å²) in [5.41, 5.74) is 12.3. The molecule has 0 spiro atoms. The van der Waals surface area contributed by atoms with Gasteiger partial charge < -0.3 is 30.8 Å². The van der Waals surface area contributed by atoms with Crippen LogP contribution < -0.4 is 11.5 Å². The van der Waals surface area contributed by atoms with E-state index in [1.807, 2.05) is 0 Å². The zero-order chi connectivity index (χ0) is 26.9. The van der Waals surface area contributed by atoms with Crippen molar-refractivity contribution in [3.8, 4) is 0 Å². The topological polar surface area (TPSA) is 180 Å². The minimum absolute atomic E-state index is 0.00371. The van der Waals surface area contributed by atoms with Gasteiger partial charge in [-0.25, -0.2) is 14.5 Å². The van der Waals surface area contributed by atoms with E-state index in [1.165, 1.54) is 0 Å². The van der Waals surface area contributed by atoms with Crippen LogP contribution in [-0.4, -0.2) is 77.6 Å². The molecule has 1 unspecified atom stereocenters. The van der Waals surface area contributed by atoms with Gasteiger partial charge in [0.05, 0.1) is 43.3 Å². The highest BCUT2D eigenvalue weighted by atomic mass is 16.6. The Balaban J connectivity index is 2.19. The average molecular weight is 508 g/mol. The highest BCUT2D eigenvalue weighted by Crippen LogP contribution is 2.31. The molecule has 1 aromatic heterocycles. The van der Waals surface area contributed by atoms with Crippen LogP contribution in [0.3, 0.4) is 0 Å². The number of rotatable bonds is 8. The molecule has 0 aromatic carbocycles. The number of ether oxygens (including phenoxy) is 3. The molecule has 0 aliphatic heterocycles. The number of guanidine groups is 1. The van der Waals surface area contributed by atoms with Crippen molar-refractivity contribution in [2.24, 2.45) is 16.5 Å². The smallest absolute Gasteiger partial charge is 0.419 e. The largest absolute Gasteiger partial charge is 0.448 e. The second-order valence-corrected chi connectivity index (χ2v) is 9.50. The average Bonchev–Trinajstić information content (AvgIpc) is 2.96. The predicted octanol–water partition coefficient (Wildman–Crippen LogP) is 2.00. The number of nitrogens with two attached hydrogens (primary N) is 2. The summed E-state index contributed by atoms with van der Waals surface area (Å²) < 4.78 is 16.1. The maximum absolute atomic E-state index is 12.9. The number of hydrogen-bond donors (Lipinski definition) is 3. The fraction of sp³-hybridized carbons (Fsp3) is 0.625. The number of aromatic nitrogens is 1. The number of amides is 3. The Morgan fingerprint density at radius 3 is 2.56 bits per heavy atom. The number of fused-ring (bicyclic) bond motifs is 1. The van der Waals surface area contributed by atoms with E-state index in [0.29, 0.717) is 17.7 Å². The third kappa shape index (κ3) is 8.76. The highest BCUT2D eigenvalue weighted by Gasteiger charge is 2.30. The third-order valence-corrected chi connectivity index (χ3v) is 5.36. The first kappa shape index (κ1) is 29.0. The van der Waals surface area contributed by atoms with Crippen molar-refractivity contribution < 1.29 is 33.7 Å². The van der Waals surface area contributed by atoms with Crippen LogP contribution >= 0.6 is 0 Å². The third-order valence-electron chi connectivity index (χ3n) is 5.36. The molecule has 0 radical (unpaired) electrons. The molecule has 0 fully saturated rings. The van der Waals surface area contributed by atoms with Gasteiger partial charge in [-0.3, -0.25) is 9.78 Å². The van der Waals surface area contributed by atoms with E-state index in [0.717, 1.165) is 35.4 Å². The molecular formula is C24H37N5O7. The second-order valence-electron chi connectivity index (χ2n) is 9.50. The Bertz CT molecular complexity index is 970. The van der Waals surface area contributed by atoms with Gasteiger partial charge in [-0.15, -0.1) is 0 Å². The molecule has 1 heterocycles. The van der Waals surface area contributed by atoms with Crippen LogP contribution in [-0.2, 0) is 20.6 Å². The van der Waals surface area contributed by atoms with E-state index in [2.05, 4.69) is 9.98 Å². The van der Waals surface area contributed by atoms with Crippen molar-refractivity contribution in [3.63, 3.8) is 0 Å². The Morgan fingerprint density at radius 2 is 1.92 bits per heavy atom. The van der Waals surface area contributed by atoms with Crippen molar-refractivity contribution in [1.29, 1.82) is 0 Å². The van der Waals surface area contributed by atoms with Gasteiger partial charge in [0.15, 0.2) is 5.96 Å². The molecule has 200 valence electrons.